The van der Waals surface area contributed by atoms with E-state index in [2.05, 4.69) is 47.7 Å². The lowest BCUT2D eigenvalue weighted by Crippen LogP contribution is -2.62. The second-order valence-corrected chi connectivity index (χ2v) is 18.8. The van der Waals surface area contributed by atoms with Crippen LogP contribution in [0.5, 0.6) is 0 Å². The van der Waals surface area contributed by atoms with E-state index in [1.165, 1.54) is 32.1 Å². The molecule has 0 bridgehead atoms. The van der Waals surface area contributed by atoms with Crippen LogP contribution in [-0.4, -0.2) is 44.6 Å². The van der Waals surface area contributed by atoms with E-state index in [0.29, 0.717) is 43.0 Å². The highest BCUT2D eigenvalue weighted by atomic mass is 28.4. The molecule has 4 nitrogen and oxygen atoms in total. The average molecular weight is 465 g/mol. The first-order valence-corrected chi connectivity index (χ1v) is 16.4. The van der Waals surface area contributed by atoms with E-state index in [1.807, 2.05) is 0 Å². The summed E-state index contributed by atoms with van der Waals surface area (Å²) in [5.41, 5.74) is 0.194. The van der Waals surface area contributed by atoms with Crippen molar-refractivity contribution in [2.24, 2.45) is 34.5 Å². The highest BCUT2D eigenvalue weighted by Crippen LogP contribution is 2.69. The van der Waals surface area contributed by atoms with Crippen LogP contribution in [0, 0.1) is 34.5 Å². The number of aliphatic hydroxyl groups excluding tert-OH is 1. The van der Waals surface area contributed by atoms with Gasteiger partial charge in [-0.05, 0) is 92.2 Å². The van der Waals surface area contributed by atoms with E-state index in [1.54, 1.807) is 0 Å². The second kappa shape index (κ2) is 7.53. The zero-order valence-corrected chi connectivity index (χ0v) is 22.7. The molecular formula is C27H48O4Si. The summed E-state index contributed by atoms with van der Waals surface area (Å²) in [6.07, 6.45) is 9.32. The summed E-state index contributed by atoms with van der Waals surface area (Å²) in [5.74, 6) is 1.89. The summed E-state index contributed by atoms with van der Waals surface area (Å²) < 4.78 is 19.4. The van der Waals surface area contributed by atoms with Gasteiger partial charge in [-0.2, -0.15) is 0 Å². The quantitative estimate of drug-likeness (QED) is 0.499. The van der Waals surface area contributed by atoms with Gasteiger partial charge in [0.2, 0.25) is 0 Å². The van der Waals surface area contributed by atoms with Gasteiger partial charge in [0.25, 0.3) is 0 Å². The van der Waals surface area contributed by atoms with Crippen molar-refractivity contribution in [1.29, 1.82) is 0 Å². The maximum Gasteiger partial charge on any atom is 0.192 e. The third-order valence-corrected chi connectivity index (χ3v) is 16.1. The second-order valence-electron chi connectivity index (χ2n) is 14.0. The molecule has 1 aliphatic heterocycles. The van der Waals surface area contributed by atoms with Crippen molar-refractivity contribution in [3.8, 4) is 0 Å². The first kappa shape index (κ1) is 23.8. The lowest BCUT2D eigenvalue weighted by molar-refractivity contribution is -0.265. The van der Waals surface area contributed by atoms with Crippen molar-refractivity contribution < 1.29 is 19.0 Å². The molecule has 4 aliphatic carbocycles. The summed E-state index contributed by atoms with van der Waals surface area (Å²) in [6.45, 7) is 18.1. The average Bonchev–Trinajstić information content (AvgIpc) is 3.27. The van der Waals surface area contributed by atoms with Crippen molar-refractivity contribution in [1.82, 2.24) is 0 Å². The van der Waals surface area contributed by atoms with Crippen LogP contribution in [0.15, 0.2) is 0 Å². The number of hydrogen-bond acceptors (Lipinski definition) is 4. The highest BCUT2D eigenvalue weighted by Gasteiger charge is 2.69. The Morgan fingerprint density at radius 1 is 0.969 bits per heavy atom. The molecule has 5 rings (SSSR count). The Labute approximate surface area is 197 Å². The normalized spacial score (nSPS) is 48.4. The van der Waals surface area contributed by atoms with Crippen LogP contribution >= 0.6 is 0 Å². The van der Waals surface area contributed by atoms with Crippen LogP contribution in [0.2, 0.25) is 18.1 Å². The van der Waals surface area contributed by atoms with Crippen molar-refractivity contribution in [3.63, 3.8) is 0 Å². The van der Waals surface area contributed by atoms with Crippen LogP contribution in [0.3, 0.4) is 0 Å². The fraction of sp³-hybridized carbons (Fsp3) is 1.00. The van der Waals surface area contributed by atoms with Gasteiger partial charge in [0, 0.05) is 17.9 Å². The topological polar surface area (TPSA) is 47.9 Å². The maximum absolute atomic E-state index is 11.7. The summed E-state index contributed by atoms with van der Waals surface area (Å²) in [6, 6.07) is 0. The Morgan fingerprint density at radius 3 is 2.31 bits per heavy atom. The zero-order valence-electron chi connectivity index (χ0n) is 21.7. The standard InChI is InChI=1S/C27H48O4Si/c1-24(2,3)32(6,7)31-19-10-12-25(4)18(16-19)8-9-20-21-11-13-27(29-14-15-30-27)26(21,5)17-22(28)23(20)25/h18-23,28H,8-17H2,1-7H3/t18-,19+,20?,21?,22+,23?,25+,26+/m1/s1. The van der Waals surface area contributed by atoms with E-state index < -0.39 is 14.1 Å². The maximum atomic E-state index is 11.7. The van der Waals surface area contributed by atoms with Gasteiger partial charge < -0.3 is 19.0 Å². The molecule has 0 amide bonds. The van der Waals surface area contributed by atoms with Gasteiger partial charge in [-0.25, -0.2) is 0 Å². The van der Waals surface area contributed by atoms with Gasteiger partial charge in [-0.3, -0.25) is 0 Å². The fourth-order valence-corrected chi connectivity index (χ4v) is 10.3. The van der Waals surface area contributed by atoms with Crippen molar-refractivity contribution in [2.45, 2.75) is 122 Å². The summed E-state index contributed by atoms with van der Waals surface area (Å²) in [5, 5.41) is 12.0. The molecule has 5 heteroatoms. The van der Waals surface area contributed by atoms with Crippen LogP contribution < -0.4 is 0 Å². The molecule has 5 aliphatic rings. The van der Waals surface area contributed by atoms with Gasteiger partial charge in [-0.15, -0.1) is 0 Å². The Kier molecular flexibility index (Phi) is 5.59. The predicted molar refractivity (Wildman–Crippen MR) is 130 cm³/mol. The Balaban J connectivity index is 1.35. The lowest BCUT2D eigenvalue weighted by Gasteiger charge is -2.63. The lowest BCUT2D eigenvalue weighted by atomic mass is 9.44. The molecule has 0 aromatic carbocycles. The fourth-order valence-electron chi connectivity index (χ4n) is 8.92. The Hall–Kier alpha value is 0.0569. The largest absolute Gasteiger partial charge is 0.414 e. The molecule has 1 heterocycles. The SMILES string of the molecule is CC(C)(C)[Si](C)(C)O[C@H]1CC[C@]2(C)C3C(CC[C@@H]2C1)C1CCC2(OCCO2)[C@@]1(C)C[C@@H]3O. The van der Waals surface area contributed by atoms with Crippen molar-refractivity contribution >= 4 is 8.32 Å². The molecule has 4 saturated carbocycles. The summed E-state index contributed by atoms with van der Waals surface area (Å²) in [4.78, 5) is 0. The van der Waals surface area contributed by atoms with E-state index in [0.717, 1.165) is 19.3 Å². The van der Waals surface area contributed by atoms with E-state index in [-0.39, 0.29) is 22.0 Å². The third kappa shape index (κ3) is 3.27. The van der Waals surface area contributed by atoms with Crippen LogP contribution in [0.4, 0.5) is 0 Å². The Bertz CT molecular complexity index is 726. The van der Waals surface area contributed by atoms with Crippen LogP contribution in [0.1, 0.15) is 86.0 Å². The van der Waals surface area contributed by atoms with E-state index >= 15 is 0 Å². The molecule has 0 radical (unpaired) electrons. The first-order chi connectivity index (χ1) is 14.8. The van der Waals surface area contributed by atoms with Gasteiger partial charge in [-0.1, -0.05) is 34.6 Å². The molecule has 5 fully saturated rings. The van der Waals surface area contributed by atoms with Crippen LogP contribution in [-0.2, 0) is 13.9 Å². The molecule has 0 aromatic rings. The predicted octanol–water partition coefficient (Wildman–Crippen LogP) is 6.13. The van der Waals surface area contributed by atoms with Crippen molar-refractivity contribution in [2.75, 3.05) is 13.2 Å². The number of hydrogen-bond donors (Lipinski definition) is 1. The Morgan fingerprint density at radius 2 is 1.66 bits per heavy atom. The smallest absolute Gasteiger partial charge is 0.192 e. The zero-order chi connectivity index (χ0) is 23.2. The minimum absolute atomic E-state index is 0.0457. The van der Waals surface area contributed by atoms with Gasteiger partial charge in [0.15, 0.2) is 14.1 Å². The van der Waals surface area contributed by atoms with E-state index in [9.17, 15) is 5.11 Å². The molecule has 184 valence electrons. The summed E-state index contributed by atoms with van der Waals surface area (Å²) in [7, 11) is -1.74. The number of aliphatic hydroxyl groups is 1. The highest BCUT2D eigenvalue weighted by molar-refractivity contribution is 6.74. The van der Waals surface area contributed by atoms with Gasteiger partial charge in [0.1, 0.15) is 0 Å². The molecule has 1 saturated heterocycles. The van der Waals surface area contributed by atoms with Gasteiger partial charge >= 0.3 is 0 Å². The van der Waals surface area contributed by atoms with E-state index in [4.69, 9.17) is 13.9 Å². The minimum atomic E-state index is -1.74. The molecule has 8 atom stereocenters. The monoisotopic (exact) mass is 464 g/mol. The number of rotatable bonds is 2. The number of fused-ring (bicyclic) bond motifs is 6. The van der Waals surface area contributed by atoms with Crippen molar-refractivity contribution in [3.05, 3.63) is 0 Å². The third-order valence-electron chi connectivity index (χ3n) is 11.6. The molecule has 1 spiro atoms. The molecule has 32 heavy (non-hydrogen) atoms. The molecule has 1 N–H and O–H groups in total. The number of ether oxygens (including phenoxy) is 2. The van der Waals surface area contributed by atoms with Gasteiger partial charge in [0.05, 0.1) is 19.3 Å². The first-order valence-electron chi connectivity index (χ1n) is 13.5. The molecular weight excluding hydrogens is 416 g/mol. The van der Waals surface area contributed by atoms with Crippen LogP contribution in [0.25, 0.3) is 0 Å². The molecule has 3 unspecified atom stereocenters. The minimum Gasteiger partial charge on any atom is -0.414 e. The molecule has 0 aromatic heterocycles. The summed E-state index contributed by atoms with van der Waals surface area (Å²) >= 11 is 0.